The Kier molecular flexibility index (Phi) is 5.85. The van der Waals surface area contributed by atoms with Crippen LogP contribution in [0.25, 0.3) is 0 Å². The Morgan fingerprint density at radius 1 is 1.00 bits per heavy atom. The molecular weight excluding hydrogens is 298 g/mol. The predicted molar refractivity (Wildman–Crippen MR) is 102 cm³/mol. The van der Waals surface area contributed by atoms with Crippen LogP contribution in [-0.4, -0.2) is 38.0 Å². The molecule has 0 radical (unpaired) electrons. The van der Waals surface area contributed by atoms with Crippen molar-refractivity contribution < 1.29 is 4.79 Å². The van der Waals surface area contributed by atoms with E-state index in [4.69, 9.17) is 0 Å². The summed E-state index contributed by atoms with van der Waals surface area (Å²) in [4.78, 5) is 16.3. The SMILES string of the molecule is CCN(CC)C(=O)c1ccc(Nc2ccc(N(C)C)cc2)c(C)c1. The minimum atomic E-state index is 0.0879. The number of carbonyl (C=O) groups is 1. The summed E-state index contributed by atoms with van der Waals surface area (Å²) in [6, 6.07) is 14.1. The second-order valence-corrected chi connectivity index (χ2v) is 6.07. The first-order valence-electron chi connectivity index (χ1n) is 8.40. The van der Waals surface area contributed by atoms with Crippen LogP contribution in [0.1, 0.15) is 29.8 Å². The molecule has 0 spiro atoms. The Morgan fingerprint density at radius 3 is 2.12 bits per heavy atom. The third kappa shape index (κ3) is 4.07. The Hall–Kier alpha value is -2.49. The van der Waals surface area contributed by atoms with Crippen molar-refractivity contribution in [2.75, 3.05) is 37.4 Å². The number of hydrogen-bond donors (Lipinski definition) is 1. The number of carbonyl (C=O) groups excluding carboxylic acids is 1. The van der Waals surface area contributed by atoms with Gasteiger partial charge in [-0.05, 0) is 68.8 Å². The molecular formula is C20H27N3O. The first-order valence-corrected chi connectivity index (χ1v) is 8.40. The average molecular weight is 325 g/mol. The van der Waals surface area contributed by atoms with Gasteiger partial charge >= 0.3 is 0 Å². The highest BCUT2D eigenvalue weighted by molar-refractivity contribution is 5.95. The zero-order chi connectivity index (χ0) is 17.7. The van der Waals surface area contributed by atoms with Gasteiger partial charge in [-0.2, -0.15) is 0 Å². The standard InChI is InChI=1S/C20H27N3O/c1-6-23(7-2)20(24)16-8-13-19(15(3)14-16)21-17-9-11-18(12-10-17)22(4)5/h8-14,21H,6-7H2,1-5H3. The molecule has 128 valence electrons. The number of amides is 1. The largest absolute Gasteiger partial charge is 0.378 e. The zero-order valence-corrected chi connectivity index (χ0v) is 15.3. The highest BCUT2D eigenvalue weighted by Crippen LogP contribution is 2.24. The van der Waals surface area contributed by atoms with Crippen molar-refractivity contribution in [3.63, 3.8) is 0 Å². The maximum atomic E-state index is 12.4. The van der Waals surface area contributed by atoms with Gasteiger partial charge in [0.15, 0.2) is 0 Å². The molecule has 0 aliphatic carbocycles. The van der Waals surface area contributed by atoms with E-state index in [-0.39, 0.29) is 5.91 Å². The molecule has 0 unspecified atom stereocenters. The summed E-state index contributed by atoms with van der Waals surface area (Å²) in [5.41, 5.74) is 5.02. The fourth-order valence-corrected chi connectivity index (χ4v) is 2.63. The molecule has 2 rings (SSSR count). The van der Waals surface area contributed by atoms with E-state index in [2.05, 4.69) is 34.5 Å². The van der Waals surface area contributed by atoms with E-state index in [0.717, 1.165) is 41.3 Å². The van der Waals surface area contributed by atoms with E-state index >= 15 is 0 Å². The van der Waals surface area contributed by atoms with Crippen LogP contribution in [0.2, 0.25) is 0 Å². The van der Waals surface area contributed by atoms with E-state index < -0.39 is 0 Å². The van der Waals surface area contributed by atoms with Crippen molar-refractivity contribution in [1.82, 2.24) is 4.90 Å². The van der Waals surface area contributed by atoms with Gasteiger partial charge in [0, 0.05) is 49.8 Å². The second-order valence-electron chi connectivity index (χ2n) is 6.07. The molecule has 4 heteroatoms. The molecule has 0 atom stereocenters. The summed E-state index contributed by atoms with van der Waals surface area (Å²) in [5, 5.41) is 3.42. The van der Waals surface area contributed by atoms with E-state index in [1.807, 2.05) is 58.0 Å². The van der Waals surface area contributed by atoms with E-state index in [0.29, 0.717) is 0 Å². The number of anilines is 3. The summed E-state index contributed by atoms with van der Waals surface area (Å²) in [6.07, 6.45) is 0. The van der Waals surface area contributed by atoms with E-state index in [1.165, 1.54) is 0 Å². The fourth-order valence-electron chi connectivity index (χ4n) is 2.63. The van der Waals surface area contributed by atoms with Crippen LogP contribution in [0.3, 0.4) is 0 Å². The Morgan fingerprint density at radius 2 is 1.62 bits per heavy atom. The predicted octanol–water partition coefficient (Wildman–Crippen LogP) is 4.29. The van der Waals surface area contributed by atoms with Crippen LogP contribution in [0.5, 0.6) is 0 Å². The van der Waals surface area contributed by atoms with Crippen LogP contribution in [0, 0.1) is 6.92 Å². The smallest absolute Gasteiger partial charge is 0.253 e. The normalized spacial score (nSPS) is 10.4. The number of nitrogens with one attached hydrogen (secondary N) is 1. The van der Waals surface area contributed by atoms with Crippen LogP contribution in [0.15, 0.2) is 42.5 Å². The molecule has 0 heterocycles. The third-order valence-electron chi connectivity index (χ3n) is 4.19. The lowest BCUT2D eigenvalue weighted by Crippen LogP contribution is -2.30. The highest BCUT2D eigenvalue weighted by atomic mass is 16.2. The lowest BCUT2D eigenvalue weighted by molar-refractivity contribution is 0.0773. The summed E-state index contributed by atoms with van der Waals surface area (Å²) < 4.78 is 0. The molecule has 0 bridgehead atoms. The summed E-state index contributed by atoms with van der Waals surface area (Å²) in [6.45, 7) is 7.48. The van der Waals surface area contributed by atoms with E-state index in [1.54, 1.807) is 0 Å². The topological polar surface area (TPSA) is 35.6 Å². The van der Waals surface area contributed by atoms with Crippen molar-refractivity contribution in [3.8, 4) is 0 Å². The van der Waals surface area contributed by atoms with Crippen LogP contribution >= 0.6 is 0 Å². The van der Waals surface area contributed by atoms with Gasteiger partial charge in [0.25, 0.3) is 5.91 Å². The molecule has 2 aromatic carbocycles. The van der Waals surface area contributed by atoms with Crippen LogP contribution in [0.4, 0.5) is 17.1 Å². The second kappa shape index (κ2) is 7.86. The first kappa shape index (κ1) is 17.9. The van der Waals surface area contributed by atoms with Gasteiger partial charge in [0.2, 0.25) is 0 Å². The Bertz CT molecular complexity index is 689. The number of rotatable bonds is 6. The first-order chi connectivity index (χ1) is 11.5. The molecule has 0 aliphatic heterocycles. The van der Waals surface area contributed by atoms with Crippen molar-refractivity contribution in [2.24, 2.45) is 0 Å². The van der Waals surface area contributed by atoms with Crippen LogP contribution in [-0.2, 0) is 0 Å². The lowest BCUT2D eigenvalue weighted by atomic mass is 10.1. The summed E-state index contributed by atoms with van der Waals surface area (Å²) in [5.74, 6) is 0.0879. The van der Waals surface area contributed by atoms with Gasteiger partial charge < -0.3 is 15.1 Å². The van der Waals surface area contributed by atoms with Gasteiger partial charge in [0.1, 0.15) is 0 Å². The Labute approximate surface area is 145 Å². The van der Waals surface area contributed by atoms with Gasteiger partial charge in [-0.15, -0.1) is 0 Å². The molecule has 0 aliphatic rings. The third-order valence-corrected chi connectivity index (χ3v) is 4.19. The summed E-state index contributed by atoms with van der Waals surface area (Å²) >= 11 is 0. The zero-order valence-electron chi connectivity index (χ0n) is 15.3. The lowest BCUT2D eigenvalue weighted by Gasteiger charge is -2.19. The molecule has 24 heavy (non-hydrogen) atoms. The average Bonchev–Trinajstić information content (AvgIpc) is 2.58. The van der Waals surface area contributed by atoms with Gasteiger partial charge in [-0.3, -0.25) is 4.79 Å². The molecule has 4 nitrogen and oxygen atoms in total. The van der Waals surface area contributed by atoms with Crippen molar-refractivity contribution in [3.05, 3.63) is 53.6 Å². The number of aryl methyl sites for hydroxylation is 1. The highest BCUT2D eigenvalue weighted by Gasteiger charge is 2.13. The summed E-state index contributed by atoms with van der Waals surface area (Å²) in [7, 11) is 4.05. The van der Waals surface area contributed by atoms with Gasteiger partial charge in [-0.25, -0.2) is 0 Å². The molecule has 2 aromatic rings. The molecule has 0 aromatic heterocycles. The quantitative estimate of drug-likeness (QED) is 0.861. The fraction of sp³-hybridized carbons (Fsp3) is 0.350. The number of hydrogen-bond acceptors (Lipinski definition) is 3. The monoisotopic (exact) mass is 325 g/mol. The minimum absolute atomic E-state index is 0.0879. The molecule has 1 N–H and O–H groups in total. The Balaban J connectivity index is 2.16. The van der Waals surface area contributed by atoms with Crippen molar-refractivity contribution in [1.29, 1.82) is 0 Å². The molecule has 0 saturated heterocycles. The maximum absolute atomic E-state index is 12.4. The van der Waals surface area contributed by atoms with Gasteiger partial charge in [-0.1, -0.05) is 0 Å². The van der Waals surface area contributed by atoms with Crippen molar-refractivity contribution in [2.45, 2.75) is 20.8 Å². The van der Waals surface area contributed by atoms with E-state index in [9.17, 15) is 4.79 Å². The number of benzene rings is 2. The molecule has 0 saturated carbocycles. The van der Waals surface area contributed by atoms with Gasteiger partial charge in [0.05, 0.1) is 0 Å². The molecule has 1 amide bonds. The van der Waals surface area contributed by atoms with Crippen molar-refractivity contribution >= 4 is 23.0 Å². The van der Waals surface area contributed by atoms with Crippen LogP contribution < -0.4 is 10.2 Å². The number of nitrogens with zero attached hydrogens (tertiary/aromatic N) is 2. The maximum Gasteiger partial charge on any atom is 0.253 e. The minimum Gasteiger partial charge on any atom is -0.378 e. The molecule has 0 fully saturated rings.